The summed E-state index contributed by atoms with van der Waals surface area (Å²) in [6, 6.07) is 44.8. The van der Waals surface area contributed by atoms with Crippen LogP contribution < -0.4 is 0 Å². The average Bonchev–Trinajstić information content (AvgIpc) is 3.34. The Morgan fingerprint density at radius 1 is 0.441 bits per heavy atom. The fourth-order valence-electron chi connectivity index (χ4n) is 8.16. The Morgan fingerprint density at radius 3 is 1.12 bits per heavy atom. The molecule has 0 spiro atoms. The Morgan fingerprint density at radius 2 is 0.765 bits per heavy atom. The topological polar surface area (TPSA) is 169 Å². The van der Waals surface area contributed by atoms with Gasteiger partial charge >= 0.3 is 0 Å². The molecule has 5 aromatic rings. The van der Waals surface area contributed by atoms with Crippen molar-refractivity contribution in [3.05, 3.63) is 200 Å². The second kappa shape index (κ2) is 25.4. The number of benzene rings is 5. The minimum atomic E-state index is -1.65. The van der Waals surface area contributed by atoms with Crippen molar-refractivity contribution in [2.75, 3.05) is 19.8 Å². The van der Waals surface area contributed by atoms with E-state index in [1.807, 2.05) is 152 Å². The molecule has 10 atom stereocenters. The lowest BCUT2D eigenvalue weighted by Crippen LogP contribution is -2.65. The molecule has 68 heavy (non-hydrogen) atoms. The number of hydrogen-bond acceptors (Lipinski definition) is 13. The van der Waals surface area contributed by atoms with Crippen molar-refractivity contribution in [1.29, 1.82) is 0 Å². The lowest BCUT2D eigenvalue weighted by Gasteiger charge is -2.44. The third-order valence-corrected chi connectivity index (χ3v) is 13.5. The normalized spacial score (nSPS) is 25.2. The van der Waals surface area contributed by atoms with E-state index in [0.717, 1.165) is 27.8 Å². The molecule has 0 amide bonds. The molecule has 2 saturated heterocycles. The molecule has 0 bridgehead atoms. The summed E-state index contributed by atoms with van der Waals surface area (Å²) in [5, 5.41) is 26.6. The molecule has 362 valence electrons. The van der Waals surface area contributed by atoms with E-state index in [0.29, 0.717) is 6.04 Å². The number of ether oxygens (including phenoxy) is 9. The first-order valence-corrected chi connectivity index (χ1v) is 26.8. The van der Waals surface area contributed by atoms with Crippen LogP contribution in [-0.2, 0) is 75.7 Å². The average molecular weight is 951 g/mol. The fraction of sp³-hybridized carbons (Fsp3) is 0.423. The highest BCUT2D eigenvalue weighted by Crippen LogP contribution is 2.34. The van der Waals surface area contributed by atoms with E-state index in [1.54, 1.807) is 0 Å². The van der Waals surface area contributed by atoms with Crippen molar-refractivity contribution in [3.63, 3.8) is 0 Å². The van der Waals surface area contributed by atoms with Crippen LogP contribution in [0.3, 0.4) is 0 Å². The summed E-state index contributed by atoms with van der Waals surface area (Å²) in [5.41, 5.74) is 4.18. The predicted molar refractivity (Wildman–Crippen MR) is 255 cm³/mol. The fourth-order valence-corrected chi connectivity index (χ4v) is 8.89. The molecule has 16 heteroatoms. The molecule has 0 radical (unpaired) electrons. The zero-order valence-electron chi connectivity index (χ0n) is 38.8. The summed E-state index contributed by atoms with van der Waals surface area (Å²) in [5.74, 6) is 0. The van der Waals surface area contributed by atoms with Crippen LogP contribution in [0, 0.1) is 20.2 Å². The van der Waals surface area contributed by atoms with E-state index in [9.17, 15) is 20.2 Å². The van der Waals surface area contributed by atoms with Gasteiger partial charge in [0.1, 0.15) is 24.4 Å². The second-order valence-corrected chi connectivity index (χ2v) is 23.8. The van der Waals surface area contributed by atoms with Crippen LogP contribution in [0.4, 0.5) is 0 Å². The van der Waals surface area contributed by atoms with Crippen molar-refractivity contribution < 1.29 is 52.5 Å². The molecule has 0 aliphatic carbocycles. The first-order valence-electron chi connectivity index (χ1n) is 23.1. The van der Waals surface area contributed by atoms with Gasteiger partial charge in [0.05, 0.1) is 46.2 Å². The molecule has 0 unspecified atom stereocenters. The monoisotopic (exact) mass is 950 g/mol. The number of nitro groups is 2. The van der Waals surface area contributed by atoms with Gasteiger partial charge in [-0.3, -0.25) is 20.2 Å². The maximum atomic E-state index is 13.4. The van der Waals surface area contributed by atoms with Crippen molar-refractivity contribution >= 4 is 8.07 Å². The zero-order valence-corrected chi connectivity index (χ0v) is 39.8. The lowest BCUT2D eigenvalue weighted by atomic mass is 9.95. The molecule has 0 saturated carbocycles. The largest absolute Gasteiger partial charge is 0.374 e. The van der Waals surface area contributed by atoms with Gasteiger partial charge in [-0.25, -0.2) is 0 Å². The highest BCUT2D eigenvalue weighted by atomic mass is 28.3. The lowest BCUT2D eigenvalue weighted by molar-refractivity contribution is -0.582. The standard InChI is InChI=1S/C52H62N2O13Si/c1-68(2,3)30-29-60-51-45(53(55)56)49(63-34-41-25-15-7-16-26-41)48(62-33-40-23-13-6-14-24-40)44(67-51)37-65-52-46(54(57)58)50(64-35-42-27-17-8-18-28-42)47(61-32-39-21-11-5-12-22-39)43(66-52)36-59-31-38-19-9-4-10-20-38/h4-28,43-52H,29-37H2,1-3H3/t43-,44-,45-,46-,47-,48+,49-,50-,51+,52-/m1/s1. The van der Waals surface area contributed by atoms with Gasteiger partial charge in [0.25, 0.3) is 12.1 Å². The first-order chi connectivity index (χ1) is 33.0. The molecule has 0 aromatic heterocycles. The van der Waals surface area contributed by atoms with Gasteiger partial charge in [-0.15, -0.1) is 0 Å². The van der Waals surface area contributed by atoms with Crippen LogP contribution >= 0.6 is 0 Å². The molecule has 2 aliphatic rings. The van der Waals surface area contributed by atoms with E-state index in [1.165, 1.54) is 0 Å². The van der Waals surface area contributed by atoms with Gasteiger partial charge in [0.15, 0.2) is 12.2 Å². The molecular weight excluding hydrogens is 889 g/mol. The van der Waals surface area contributed by atoms with Crippen LogP contribution in [0.15, 0.2) is 152 Å². The van der Waals surface area contributed by atoms with Crippen molar-refractivity contribution in [2.45, 2.75) is 120 Å². The molecular formula is C52H62N2O13Si. The van der Waals surface area contributed by atoms with E-state index in [-0.39, 0.29) is 52.9 Å². The van der Waals surface area contributed by atoms with Crippen LogP contribution in [0.2, 0.25) is 25.7 Å². The van der Waals surface area contributed by atoms with Gasteiger partial charge in [-0.1, -0.05) is 171 Å². The Bertz CT molecular complexity index is 2250. The Hall–Kier alpha value is -5.24. The second-order valence-electron chi connectivity index (χ2n) is 18.2. The minimum absolute atomic E-state index is 0.0283. The maximum absolute atomic E-state index is 13.4. The van der Waals surface area contributed by atoms with Gasteiger partial charge in [-0.05, 0) is 33.9 Å². The minimum Gasteiger partial charge on any atom is -0.374 e. The molecule has 15 nitrogen and oxygen atoms in total. The Labute approximate surface area is 398 Å². The summed E-state index contributed by atoms with van der Waals surface area (Å²) < 4.78 is 58.4. The van der Waals surface area contributed by atoms with Crippen LogP contribution in [0.5, 0.6) is 0 Å². The third kappa shape index (κ3) is 14.9. The highest BCUT2D eigenvalue weighted by Gasteiger charge is 2.58. The molecule has 2 aliphatic heterocycles. The molecule has 2 fully saturated rings. The van der Waals surface area contributed by atoms with Crippen LogP contribution in [0.25, 0.3) is 0 Å². The zero-order chi connectivity index (χ0) is 47.7. The van der Waals surface area contributed by atoms with Crippen LogP contribution in [-0.4, -0.2) is 99.0 Å². The Kier molecular flexibility index (Phi) is 18.9. The summed E-state index contributed by atoms with van der Waals surface area (Å²) >= 11 is 0. The molecule has 5 aromatic carbocycles. The van der Waals surface area contributed by atoms with Crippen molar-refractivity contribution in [1.82, 2.24) is 0 Å². The van der Waals surface area contributed by atoms with Crippen molar-refractivity contribution in [3.8, 4) is 0 Å². The summed E-state index contributed by atoms with van der Waals surface area (Å²) in [6.45, 7) is 6.84. The number of nitrogens with zero attached hydrogens (tertiary/aromatic N) is 2. The smallest absolute Gasteiger partial charge is 0.291 e. The first kappa shape index (κ1) is 50.6. The number of rotatable bonds is 25. The molecule has 2 heterocycles. The number of hydrogen-bond donors (Lipinski definition) is 0. The predicted octanol–water partition coefficient (Wildman–Crippen LogP) is 8.66. The summed E-state index contributed by atoms with van der Waals surface area (Å²) in [4.78, 5) is 25.7. The third-order valence-electron chi connectivity index (χ3n) is 11.8. The van der Waals surface area contributed by atoms with Crippen molar-refractivity contribution in [2.24, 2.45) is 0 Å². The maximum Gasteiger partial charge on any atom is 0.291 e. The Balaban J connectivity index is 1.21. The van der Waals surface area contributed by atoms with E-state index >= 15 is 0 Å². The van der Waals surface area contributed by atoms with Gasteiger partial charge in [0, 0.05) is 24.5 Å². The van der Waals surface area contributed by atoms with Gasteiger partial charge in [0.2, 0.25) is 12.6 Å². The summed E-state index contributed by atoms with van der Waals surface area (Å²) in [7, 11) is -1.65. The van der Waals surface area contributed by atoms with E-state index in [4.69, 9.17) is 42.6 Å². The van der Waals surface area contributed by atoms with Crippen LogP contribution in [0.1, 0.15) is 27.8 Å². The summed E-state index contributed by atoms with van der Waals surface area (Å²) in [6.07, 6.45) is -9.42. The SMILES string of the molecule is C[Si](C)(C)CCO[C@H]1O[C@H](CO[C@@H]2O[C@H](COCc3ccccc3)[C@@H](OCc3ccccc3)[C@H](OCc3ccccc3)[C@H]2[N+](=O)[O-])[C@H](OCc2ccccc2)[C@H](OCc2ccccc2)[C@H]1[N+](=O)[O-]. The van der Waals surface area contributed by atoms with E-state index in [2.05, 4.69) is 19.6 Å². The molecule has 0 N–H and O–H groups in total. The highest BCUT2D eigenvalue weighted by molar-refractivity contribution is 6.76. The van der Waals surface area contributed by atoms with Gasteiger partial charge < -0.3 is 42.6 Å². The quantitative estimate of drug-likeness (QED) is 0.0310. The van der Waals surface area contributed by atoms with E-state index < -0.39 is 79.2 Å². The molecule has 7 rings (SSSR count). The van der Waals surface area contributed by atoms with Gasteiger partial charge in [-0.2, -0.15) is 0 Å².